The van der Waals surface area contributed by atoms with Crippen molar-refractivity contribution < 1.29 is 10.0 Å². The first kappa shape index (κ1) is 9.98. The number of benzene rings is 1. The third-order valence-electron chi connectivity index (χ3n) is 1.72. The Balaban J connectivity index is 3.30. The number of aryl methyl sites for hydroxylation is 1. The van der Waals surface area contributed by atoms with Crippen molar-refractivity contribution >= 4 is 21.6 Å². The van der Waals surface area contributed by atoms with Crippen molar-refractivity contribution in [3.8, 4) is 5.75 Å². The van der Waals surface area contributed by atoms with E-state index in [1.807, 2.05) is 6.92 Å². The average molecular weight is 246 g/mol. The molecule has 13 heavy (non-hydrogen) atoms. The Hall–Kier alpha value is -1.10. The third kappa shape index (κ3) is 1.98. The molecule has 0 spiro atoms. The number of phenols is 1. The molecule has 0 radical (unpaired) electrons. The highest BCUT2D eigenvalue weighted by Crippen LogP contribution is 2.32. The molecule has 0 aromatic heterocycles. The third-order valence-corrected chi connectivity index (χ3v) is 2.32. The van der Waals surface area contributed by atoms with Crippen LogP contribution in [0.4, 0.5) is 5.69 Å². The van der Waals surface area contributed by atoms with Crippen LogP contribution in [0.5, 0.6) is 5.75 Å². The number of aromatic hydroxyl groups is 1. The van der Waals surface area contributed by atoms with Crippen molar-refractivity contribution in [3.05, 3.63) is 32.3 Å². The van der Waals surface area contributed by atoms with Gasteiger partial charge in [0, 0.05) is 17.7 Å². The Kier molecular flexibility index (Phi) is 2.87. The van der Waals surface area contributed by atoms with Crippen molar-refractivity contribution in [2.24, 2.45) is 0 Å². The predicted octanol–water partition coefficient (Wildman–Crippen LogP) is 2.63. The molecule has 0 amide bonds. The van der Waals surface area contributed by atoms with Crippen LogP contribution in [0, 0.1) is 10.1 Å². The number of halogens is 1. The van der Waals surface area contributed by atoms with E-state index in [2.05, 4.69) is 15.9 Å². The van der Waals surface area contributed by atoms with Gasteiger partial charge >= 0.3 is 0 Å². The Morgan fingerprint density at radius 2 is 2.23 bits per heavy atom. The molecule has 0 atom stereocenters. The van der Waals surface area contributed by atoms with Gasteiger partial charge in [-0.1, -0.05) is 6.92 Å². The fraction of sp³-hybridized carbons (Fsp3) is 0.250. The summed E-state index contributed by atoms with van der Waals surface area (Å²) < 4.78 is 0.360. The molecule has 0 saturated carbocycles. The topological polar surface area (TPSA) is 63.4 Å². The number of nitro groups is 1. The predicted molar refractivity (Wildman–Crippen MR) is 51.8 cm³/mol. The molecule has 4 nitrogen and oxygen atoms in total. The second-order valence-corrected chi connectivity index (χ2v) is 3.40. The molecule has 1 rings (SSSR count). The molecular weight excluding hydrogens is 238 g/mol. The summed E-state index contributed by atoms with van der Waals surface area (Å²) in [6, 6.07) is 2.66. The number of hydrogen-bond acceptors (Lipinski definition) is 3. The summed E-state index contributed by atoms with van der Waals surface area (Å²) in [6.07, 6.45) is 0.562. The van der Waals surface area contributed by atoms with Crippen molar-refractivity contribution in [3.63, 3.8) is 0 Å². The van der Waals surface area contributed by atoms with Crippen LogP contribution >= 0.6 is 15.9 Å². The van der Waals surface area contributed by atoms with Gasteiger partial charge in [0.25, 0.3) is 5.69 Å². The van der Waals surface area contributed by atoms with Gasteiger partial charge < -0.3 is 5.11 Å². The van der Waals surface area contributed by atoms with Crippen LogP contribution < -0.4 is 0 Å². The summed E-state index contributed by atoms with van der Waals surface area (Å²) in [4.78, 5) is 9.95. The highest BCUT2D eigenvalue weighted by Gasteiger charge is 2.12. The molecular formula is C8H8BrNO3. The zero-order valence-corrected chi connectivity index (χ0v) is 8.54. The van der Waals surface area contributed by atoms with Gasteiger partial charge in [0.2, 0.25) is 0 Å². The Morgan fingerprint density at radius 1 is 1.62 bits per heavy atom. The van der Waals surface area contributed by atoms with E-state index in [-0.39, 0.29) is 11.4 Å². The lowest BCUT2D eigenvalue weighted by molar-refractivity contribution is -0.385. The molecule has 0 aliphatic rings. The maximum atomic E-state index is 10.4. The first-order valence-corrected chi connectivity index (χ1v) is 4.51. The largest absolute Gasteiger partial charge is 0.506 e. The van der Waals surface area contributed by atoms with Crippen molar-refractivity contribution in [2.45, 2.75) is 13.3 Å². The van der Waals surface area contributed by atoms with Crippen molar-refractivity contribution in [2.75, 3.05) is 0 Å². The normalized spacial score (nSPS) is 10.0. The van der Waals surface area contributed by atoms with Crippen LogP contribution in [0.25, 0.3) is 0 Å². The smallest absolute Gasteiger partial charge is 0.271 e. The number of nitro benzene ring substituents is 1. The molecule has 1 N–H and O–H groups in total. The summed E-state index contributed by atoms with van der Waals surface area (Å²) in [6.45, 7) is 1.82. The molecule has 0 unspecified atom stereocenters. The van der Waals surface area contributed by atoms with Crippen molar-refractivity contribution in [1.29, 1.82) is 0 Å². The molecule has 1 aromatic carbocycles. The van der Waals surface area contributed by atoms with E-state index >= 15 is 0 Å². The van der Waals surface area contributed by atoms with Gasteiger partial charge in [-0.3, -0.25) is 10.1 Å². The molecule has 0 aliphatic heterocycles. The minimum absolute atomic E-state index is 0.0125. The van der Waals surface area contributed by atoms with Gasteiger partial charge in [-0.15, -0.1) is 0 Å². The highest BCUT2D eigenvalue weighted by molar-refractivity contribution is 9.10. The summed E-state index contributed by atoms with van der Waals surface area (Å²) in [5.74, 6) is 0.0769. The van der Waals surface area contributed by atoms with Gasteiger partial charge in [-0.2, -0.15) is 0 Å². The van der Waals surface area contributed by atoms with Crippen LogP contribution in [0.2, 0.25) is 0 Å². The molecule has 0 fully saturated rings. The van der Waals surface area contributed by atoms with Gasteiger partial charge in [0.1, 0.15) is 5.75 Å². The zero-order chi connectivity index (χ0) is 10.0. The van der Waals surface area contributed by atoms with Gasteiger partial charge in [-0.25, -0.2) is 0 Å². The fourth-order valence-corrected chi connectivity index (χ4v) is 1.50. The first-order chi connectivity index (χ1) is 6.06. The van der Waals surface area contributed by atoms with Gasteiger partial charge in [-0.05, 0) is 22.4 Å². The Morgan fingerprint density at radius 3 is 2.69 bits per heavy atom. The lowest BCUT2D eigenvalue weighted by Gasteiger charge is -2.03. The molecule has 5 heteroatoms. The SMILES string of the molecule is CCc1cc([N+](=O)[O-])cc(Br)c1O. The van der Waals surface area contributed by atoms with Gasteiger partial charge in [0.05, 0.1) is 9.40 Å². The number of rotatable bonds is 2. The first-order valence-electron chi connectivity index (χ1n) is 3.72. The second kappa shape index (κ2) is 3.74. The molecule has 0 bridgehead atoms. The Labute approximate surface area is 83.5 Å². The summed E-state index contributed by atoms with van der Waals surface area (Å²) in [5, 5.41) is 19.9. The summed E-state index contributed by atoms with van der Waals surface area (Å²) in [5.41, 5.74) is 0.558. The summed E-state index contributed by atoms with van der Waals surface area (Å²) >= 11 is 3.05. The van der Waals surface area contributed by atoms with Crippen LogP contribution in [0.3, 0.4) is 0 Å². The minimum Gasteiger partial charge on any atom is -0.506 e. The van der Waals surface area contributed by atoms with E-state index in [4.69, 9.17) is 0 Å². The van der Waals surface area contributed by atoms with Crippen LogP contribution in [-0.4, -0.2) is 10.0 Å². The van der Waals surface area contributed by atoms with E-state index in [1.54, 1.807) is 0 Å². The van der Waals surface area contributed by atoms with Gasteiger partial charge in [0.15, 0.2) is 0 Å². The summed E-state index contributed by atoms with van der Waals surface area (Å²) in [7, 11) is 0. The molecule has 0 saturated heterocycles. The van der Waals surface area contributed by atoms with E-state index in [0.717, 1.165) is 0 Å². The monoisotopic (exact) mass is 245 g/mol. The standard InChI is InChI=1S/C8H8BrNO3/c1-2-5-3-6(10(12)13)4-7(9)8(5)11/h3-4,11H,2H2,1H3. The zero-order valence-electron chi connectivity index (χ0n) is 6.95. The lowest BCUT2D eigenvalue weighted by Crippen LogP contribution is -1.91. The maximum Gasteiger partial charge on any atom is 0.271 e. The van der Waals surface area contributed by atoms with E-state index in [1.165, 1.54) is 12.1 Å². The Bertz CT molecular complexity index is 351. The maximum absolute atomic E-state index is 10.4. The van der Waals surface area contributed by atoms with Crippen LogP contribution in [0.1, 0.15) is 12.5 Å². The molecule has 1 aromatic rings. The quantitative estimate of drug-likeness (QED) is 0.644. The molecule has 0 aliphatic carbocycles. The van der Waals surface area contributed by atoms with Crippen LogP contribution in [0.15, 0.2) is 16.6 Å². The molecule has 70 valence electrons. The highest BCUT2D eigenvalue weighted by atomic mass is 79.9. The minimum atomic E-state index is -0.483. The molecule has 0 heterocycles. The fourth-order valence-electron chi connectivity index (χ4n) is 1.02. The average Bonchev–Trinajstić information content (AvgIpc) is 2.09. The number of nitrogens with zero attached hydrogens (tertiary/aromatic N) is 1. The number of non-ortho nitro benzene ring substituents is 1. The van der Waals surface area contributed by atoms with Crippen molar-refractivity contribution in [1.82, 2.24) is 0 Å². The van der Waals surface area contributed by atoms with Crippen LogP contribution in [-0.2, 0) is 6.42 Å². The second-order valence-electron chi connectivity index (χ2n) is 2.55. The number of phenolic OH excluding ortho intramolecular Hbond substituents is 1. The van der Waals surface area contributed by atoms with E-state index < -0.39 is 4.92 Å². The van der Waals surface area contributed by atoms with E-state index in [9.17, 15) is 15.2 Å². The lowest BCUT2D eigenvalue weighted by atomic mass is 10.1. The number of hydrogen-bond donors (Lipinski definition) is 1. The van der Waals surface area contributed by atoms with E-state index in [0.29, 0.717) is 16.5 Å².